The molecule has 0 bridgehead atoms. The molecular weight excluding hydrogens is 526 g/mol. The van der Waals surface area contributed by atoms with Crippen molar-refractivity contribution in [3.05, 3.63) is 60.5 Å². The van der Waals surface area contributed by atoms with Gasteiger partial charge in [-0.15, -0.1) is 22.0 Å². The summed E-state index contributed by atoms with van der Waals surface area (Å²) < 4.78 is 11.4. The Balaban J connectivity index is 0.000000798. The van der Waals surface area contributed by atoms with E-state index in [2.05, 4.69) is 25.7 Å². The SMILES string of the molecule is CN(C)CCCCNC(=O)Nc1ccc(-c2nnc(CSCCOc3ccccc3)o2)cc1.O=C(O)C(=O)O. The predicted octanol–water partition coefficient (Wildman–Crippen LogP) is 3.67. The lowest BCUT2D eigenvalue weighted by molar-refractivity contribution is -0.159. The van der Waals surface area contributed by atoms with Crippen LogP contribution in [0.15, 0.2) is 59.0 Å². The monoisotopic (exact) mass is 559 g/mol. The second-order valence-electron chi connectivity index (χ2n) is 8.29. The van der Waals surface area contributed by atoms with E-state index in [9.17, 15) is 4.79 Å². The van der Waals surface area contributed by atoms with Gasteiger partial charge < -0.3 is 34.9 Å². The fourth-order valence-electron chi connectivity index (χ4n) is 2.95. The van der Waals surface area contributed by atoms with Crippen LogP contribution in [0.5, 0.6) is 5.75 Å². The van der Waals surface area contributed by atoms with Gasteiger partial charge in [0.05, 0.1) is 12.4 Å². The molecule has 4 N–H and O–H groups in total. The number of carbonyl (C=O) groups is 3. The van der Waals surface area contributed by atoms with Crippen LogP contribution < -0.4 is 15.4 Å². The number of nitrogens with zero attached hydrogens (tertiary/aromatic N) is 3. The van der Waals surface area contributed by atoms with Crippen LogP contribution in [0.3, 0.4) is 0 Å². The Kier molecular flexibility index (Phi) is 13.9. The summed E-state index contributed by atoms with van der Waals surface area (Å²) in [4.78, 5) is 32.3. The van der Waals surface area contributed by atoms with E-state index < -0.39 is 11.9 Å². The molecular formula is C26H33N5O7S. The number of ether oxygens (including phenoxy) is 1. The molecule has 0 fully saturated rings. The molecule has 3 rings (SSSR count). The average molecular weight is 560 g/mol. The molecule has 39 heavy (non-hydrogen) atoms. The summed E-state index contributed by atoms with van der Waals surface area (Å²) >= 11 is 1.68. The minimum Gasteiger partial charge on any atom is -0.493 e. The lowest BCUT2D eigenvalue weighted by Crippen LogP contribution is -2.29. The van der Waals surface area contributed by atoms with E-state index in [1.54, 1.807) is 11.8 Å². The Morgan fingerprint density at radius 2 is 1.67 bits per heavy atom. The number of carboxylic acid groups (broad SMARTS) is 2. The zero-order chi connectivity index (χ0) is 28.5. The molecule has 1 aromatic heterocycles. The lowest BCUT2D eigenvalue weighted by Gasteiger charge is -2.10. The van der Waals surface area contributed by atoms with Crippen molar-refractivity contribution in [1.29, 1.82) is 0 Å². The molecule has 0 saturated heterocycles. The van der Waals surface area contributed by atoms with E-state index in [0.717, 1.165) is 36.5 Å². The molecule has 210 valence electrons. The molecule has 2 amide bonds. The number of urea groups is 1. The average Bonchev–Trinajstić information content (AvgIpc) is 3.38. The number of thioether (sulfide) groups is 1. The van der Waals surface area contributed by atoms with Crippen molar-refractivity contribution in [2.75, 3.05) is 44.9 Å². The van der Waals surface area contributed by atoms with Gasteiger partial charge >= 0.3 is 18.0 Å². The van der Waals surface area contributed by atoms with Crippen molar-refractivity contribution >= 4 is 35.4 Å². The quantitative estimate of drug-likeness (QED) is 0.178. The van der Waals surface area contributed by atoms with Crippen LogP contribution in [-0.2, 0) is 15.3 Å². The minimum atomic E-state index is -1.82. The molecule has 13 heteroatoms. The Labute approximate surface area is 230 Å². The van der Waals surface area contributed by atoms with E-state index in [-0.39, 0.29) is 6.03 Å². The van der Waals surface area contributed by atoms with Gasteiger partial charge in [0.2, 0.25) is 11.8 Å². The first kappa shape index (κ1) is 31.1. The molecule has 3 aromatic rings. The summed E-state index contributed by atoms with van der Waals surface area (Å²) in [5.74, 6) is -0.295. The Morgan fingerprint density at radius 1 is 0.974 bits per heavy atom. The minimum absolute atomic E-state index is 0.207. The number of anilines is 1. The molecule has 0 saturated carbocycles. The summed E-state index contributed by atoms with van der Waals surface area (Å²) in [5.41, 5.74) is 1.51. The highest BCUT2D eigenvalue weighted by Crippen LogP contribution is 2.22. The van der Waals surface area contributed by atoms with E-state index in [0.29, 0.717) is 36.4 Å². The van der Waals surface area contributed by atoms with E-state index in [1.807, 2.05) is 68.7 Å². The van der Waals surface area contributed by atoms with Gasteiger partial charge in [-0.2, -0.15) is 0 Å². The van der Waals surface area contributed by atoms with E-state index in [1.165, 1.54) is 0 Å². The number of benzene rings is 2. The van der Waals surface area contributed by atoms with Crippen molar-refractivity contribution in [1.82, 2.24) is 20.4 Å². The number of nitrogens with one attached hydrogen (secondary N) is 2. The molecule has 0 unspecified atom stereocenters. The van der Waals surface area contributed by atoms with Gasteiger partial charge in [0.15, 0.2) is 0 Å². The Hall–Kier alpha value is -4.10. The number of amides is 2. The fourth-order valence-corrected chi connectivity index (χ4v) is 3.59. The number of carbonyl (C=O) groups excluding carboxylic acids is 1. The summed E-state index contributed by atoms with van der Waals surface area (Å²) in [6.07, 6.45) is 2.00. The van der Waals surface area contributed by atoms with Gasteiger partial charge in [0.25, 0.3) is 0 Å². The fraction of sp³-hybridized carbons (Fsp3) is 0.346. The van der Waals surface area contributed by atoms with Gasteiger partial charge in [-0.3, -0.25) is 0 Å². The van der Waals surface area contributed by atoms with Gasteiger partial charge in [-0.1, -0.05) is 18.2 Å². The molecule has 0 aliphatic carbocycles. The van der Waals surface area contributed by atoms with E-state index in [4.69, 9.17) is 29.0 Å². The standard InChI is InChI=1S/C24H31N5O3S.C2H2O4/c1-29(2)15-7-6-14-25-24(30)26-20-12-10-19(11-13-20)23-28-27-22(32-23)18-33-17-16-31-21-8-4-3-5-9-21;3-1(4)2(5)6/h3-5,8-13H,6-7,14-18H2,1-2H3,(H2,25,26,30);(H,3,4)(H,5,6). The second-order valence-corrected chi connectivity index (χ2v) is 9.40. The third-order valence-electron chi connectivity index (χ3n) is 4.82. The third kappa shape index (κ3) is 13.3. The zero-order valence-electron chi connectivity index (χ0n) is 21.8. The summed E-state index contributed by atoms with van der Waals surface area (Å²) in [5, 5.41) is 28.7. The highest BCUT2D eigenvalue weighted by atomic mass is 32.2. The number of para-hydroxylation sites is 1. The third-order valence-corrected chi connectivity index (χ3v) is 5.73. The number of carboxylic acids is 2. The van der Waals surface area contributed by atoms with Crippen molar-refractivity contribution in [2.45, 2.75) is 18.6 Å². The van der Waals surface area contributed by atoms with Gasteiger partial charge in [0, 0.05) is 23.5 Å². The lowest BCUT2D eigenvalue weighted by atomic mass is 10.2. The van der Waals surface area contributed by atoms with Crippen LogP contribution in [0.4, 0.5) is 10.5 Å². The van der Waals surface area contributed by atoms with Gasteiger partial charge in [0.1, 0.15) is 5.75 Å². The number of hydrogen-bond acceptors (Lipinski definition) is 9. The first-order valence-corrected chi connectivity index (χ1v) is 13.2. The number of rotatable bonds is 13. The maximum atomic E-state index is 12.0. The Bertz CT molecular complexity index is 1150. The van der Waals surface area contributed by atoms with Crippen LogP contribution in [-0.4, -0.2) is 82.8 Å². The second kappa shape index (κ2) is 17.4. The molecule has 12 nitrogen and oxygen atoms in total. The predicted molar refractivity (Wildman–Crippen MR) is 148 cm³/mol. The van der Waals surface area contributed by atoms with Gasteiger partial charge in [-0.25, -0.2) is 14.4 Å². The number of hydrogen-bond donors (Lipinski definition) is 4. The normalized spacial score (nSPS) is 10.3. The van der Waals surface area contributed by atoms with Crippen LogP contribution in [0.2, 0.25) is 0 Å². The van der Waals surface area contributed by atoms with Crippen molar-refractivity contribution in [2.24, 2.45) is 0 Å². The highest BCUT2D eigenvalue weighted by Gasteiger charge is 2.09. The molecule has 2 aromatic carbocycles. The molecule has 0 radical (unpaired) electrons. The van der Waals surface area contributed by atoms with Gasteiger partial charge in [-0.05, 0) is 69.9 Å². The van der Waals surface area contributed by atoms with Crippen molar-refractivity contribution in [3.63, 3.8) is 0 Å². The molecule has 0 atom stereocenters. The molecule has 0 spiro atoms. The van der Waals surface area contributed by atoms with Crippen molar-refractivity contribution < 1.29 is 33.8 Å². The van der Waals surface area contributed by atoms with Crippen LogP contribution in [0.1, 0.15) is 18.7 Å². The molecule has 0 aliphatic heterocycles. The van der Waals surface area contributed by atoms with Crippen LogP contribution >= 0.6 is 11.8 Å². The van der Waals surface area contributed by atoms with Crippen molar-refractivity contribution in [3.8, 4) is 17.2 Å². The van der Waals surface area contributed by atoms with Crippen LogP contribution in [0, 0.1) is 0 Å². The highest BCUT2D eigenvalue weighted by molar-refractivity contribution is 7.98. The van der Waals surface area contributed by atoms with E-state index >= 15 is 0 Å². The molecule has 1 heterocycles. The number of unbranched alkanes of at least 4 members (excludes halogenated alkanes) is 1. The maximum Gasteiger partial charge on any atom is 0.414 e. The summed E-state index contributed by atoms with van der Waals surface area (Å²) in [6, 6.07) is 16.9. The summed E-state index contributed by atoms with van der Waals surface area (Å²) in [7, 11) is 4.09. The van der Waals surface area contributed by atoms with Crippen LogP contribution in [0.25, 0.3) is 11.5 Å². The first-order valence-electron chi connectivity index (χ1n) is 12.1. The zero-order valence-corrected chi connectivity index (χ0v) is 22.6. The smallest absolute Gasteiger partial charge is 0.414 e. The topological polar surface area (TPSA) is 167 Å². The molecule has 0 aliphatic rings. The first-order chi connectivity index (χ1) is 18.7. The summed E-state index contributed by atoms with van der Waals surface area (Å²) in [6.45, 7) is 2.29. The maximum absolute atomic E-state index is 12.0. The number of aliphatic carboxylic acids is 2. The Morgan fingerprint density at radius 3 is 2.31 bits per heavy atom. The number of aromatic nitrogens is 2. The largest absolute Gasteiger partial charge is 0.493 e.